The van der Waals surface area contributed by atoms with Gasteiger partial charge in [0.1, 0.15) is 5.60 Å². The molecule has 1 amide bonds. The van der Waals surface area contributed by atoms with E-state index in [1.165, 1.54) is 6.08 Å². The van der Waals surface area contributed by atoms with Crippen LogP contribution in [0, 0.1) is 12.8 Å². The van der Waals surface area contributed by atoms with Crippen LogP contribution in [0.2, 0.25) is 5.02 Å². The molecule has 2 heterocycles. The summed E-state index contributed by atoms with van der Waals surface area (Å²) in [6, 6.07) is 5.23. The van der Waals surface area contributed by atoms with Gasteiger partial charge in [-0.1, -0.05) is 11.6 Å². The molecule has 1 aromatic carbocycles. The molecule has 6 heteroatoms. The second-order valence-corrected chi connectivity index (χ2v) is 8.36. The van der Waals surface area contributed by atoms with Crippen molar-refractivity contribution in [3.05, 3.63) is 46.2 Å². The lowest BCUT2D eigenvalue weighted by molar-refractivity contribution is -0.139. The quantitative estimate of drug-likeness (QED) is 0.739. The molecule has 2 aliphatic rings. The minimum absolute atomic E-state index is 0.0246. The van der Waals surface area contributed by atoms with Gasteiger partial charge in [-0.3, -0.25) is 14.4 Å². The maximum Gasteiger partial charge on any atom is 0.289 e. The summed E-state index contributed by atoms with van der Waals surface area (Å²) in [7, 11) is 0. The van der Waals surface area contributed by atoms with E-state index in [0.717, 1.165) is 18.4 Å². The monoisotopic (exact) mass is 389 g/mol. The fourth-order valence-electron chi connectivity index (χ4n) is 3.74. The molecule has 3 rings (SSSR count). The number of ketones is 2. The zero-order chi connectivity index (χ0) is 19.8. The molecule has 0 spiro atoms. The third-order valence-electron chi connectivity index (χ3n) is 5.02. The molecular formula is C21H24ClNO4. The average Bonchev–Trinajstić information content (AvgIpc) is 2.59. The third-order valence-corrected chi connectivity index (χ3v) is 5.26. The molecule has 0 bridgehead atoms. The van der Waals surface area contributed by atoms with Gasteiger partial charge < -0.3 is 9.64 Å². The van der Waals surface area contributed by atoms with Gasteiger partial charge in [0, 0.05) is 42.1 Å². The number of piperidine rings is 1. The average molecular weight is 390 g/mol. The number of rotatable bonds is 3. The van der Waals surface area contributed by atoms with Crippen LogP contribution >= 0.6 is 11.6 Å². The summed E-state index contributed by atoms with van der Waals surface area (Å²) in [6.07, 6.45) is 3.00. The van der Waals surface area contributed by atoms with Crippen LogP contribution in [0.1, 0.15) is 49.0 Å². The Morgan fingerprint density at radius 2 is 2.04 bits per heavy atom. The zero-order valence-electron chi connectivity index (χ0n) is 15.9. The van der Waals surface area contributed by atoms with Gasteiger partial charge in [-0.2, -0.15) is 0 Å². The number of nitrogens with zero attached hydrogens (tertiary/aromatic N) is 1. The predicted octanol–water partition coefficient (Wildman–Crippen LogP) is 3.72. The molecule has 1 atom stereocenters. The van der Waals surface area contributed by atoms with Crippen LogP contribution in [0.3, 0.4) is 0 Å². The molecule has 0 aromatic heterocycles. The number of likely N-dealkylation sites (tertiary alicyclic amines) is 1. The van der Waals surface area contributed by atoms with Crippen LogP contribution in [0.4, 0.5) is 0 Å². The first-order chi connectivity index (χ1) is 12.7. The minimum atomic E-state index is -0.692. The summed E-state index contributed by atoms with van der Waals surface area (Å²) in [5.74, 6) is -0.600. The summed E-state index contributed by atoms with van der Waals surface area (Å²) >= 11 is 5.98. The van der Waals surface area contributed by atoms with E-state index in [4.69, 9.17) is 16.3 Å². The summed E-state index contributed by atoms with van der Waals surface area (Å²) in [6.45, 7) is 6.32. The number of amides is 1. The van der Waals surface area contributed by atoms with Crippen LogP contribution in [0.25, 0.3) is 0 Å². The minimum Gasteiger partial charge on any atom is -0.481 e. The van der Waals surface area contributed by atoms with E-state index in [9.17, 15) is 14.4 Å². The van der Waals surface area contributed by atoms with Gasteiger partial charge in [-0.05, 0) is 57.4 Å². The van der Waals surface area contributed by atoms with Crippen molar-refractivity contribution < 1.29 is 19.1 Å². The molecule has 5 nitrogen and oxygen atoms in total. The van der Waals surface area contributed by atoms with Crippen molar-refractivity contribution in [2.75, 3.05) is 13.1 Å². The van der Waals surface area contributed by atoms with Crippen LogP contribution in [0.5, 0.6) is 0 Å². The van der Waals surface area contributed by atoms with Gasteiger partial charge in [0.05, 0.1) is 0 Å². The van der Waals surface area contributed by atoms with Crippen molar-refractivity contribution in [3.63, 3.8) is 0 Å². The summed E-state index contributed by atoms with van der Waals surface area (Å²) in [5.41, 5.74) is 0.784. The van der Waals surface area contributed by atoms with Crippen LogP contribution in [-0.2, 0) is 14.3 Å². The van der Waals surface area contributed by atoms with E-state index in [0.29, 0.717) is 23.7 Å². The summed E-state index contributed by atoms with van der Waals surface area (Å²) in [4.78, 5) is 39.3. The largest absolute Gasteiger partial charge is 0.481 e. The molecule has 2 aliphatic heterocycles. The van der Waals surface area contributed by atoms with Crippen molar-refractivity contribution in [2.24, 2.45) is 5.92 Å². The van der Waals surface area contributed by atoms with E-state index in [1.54, 1.807) is 36.9 Å². The van der Waals surface area contributed by atoms with Crippen molar-refractivity contribution >= 4 is 29.1 Å². The van der Waals surface area contributed by atoms with E-state index >= 15 is 0 Å². The molecule has 1 fully saturated rings. The fourth-order valence-corrected chi connectivity index (χ4v) is 3.97. The number of halogens is 1. The molecule has 0 aliphatic carbocycles. The highest BCUT2D eigenvalue weighted by Crippen LogP contribution is 2.28. The first-order valence-corrected chi connectivity index (χ1v) is 9.57. The van der Waals surface area contributed by atoms with E-state index in [2.05, 4.69) is 0 Å². The van der Waals surface area contributed by atoms with Crippen LogP contribution in [0.15, 0.2) is 30.0 Å². The van der Waals surface area contributed by atoms with E-state index < -0.39 is 5.60 Å². The molecule has 1 saturated heterocycles. The maximum absolute atomic E-state index is 13.0. The van der Waals surface area contributed by atoms with E-state index in [1.807, 2.05) is 6.92 Å². The topological polar surface area (TPSA) is 63.7 Å². The highest BCUT2D eigenvalue weighted by Gasteiger charge is 2.36. The standard InChI is InChI=1S/C21H24ClNO4/c1-13-9-15(22)6-7-17(13)19(25)14-5-4-8-23(12-14)20(26)18-10-16(24)11-21(2,3)27-18/h6-7,9-10,14H,4-5,8,11-12H2,1-3H3/t14-/m0/s1. The van der Waals surface area contributed by atoms with Crippen LogP contribution in [-0.4, -0.2) is 41.1 Å². The Bertz CT molecular complexity index is 827. The molecule has 0 N–H and O–H groups in total. The van der Waals surface area contributed by atoms with Gasteiger partial charge in [0.25, 0.3) is 5.91 Å². The normalized spacial score (nSPS) is 22.1. The van der Waals surface area contributed by atoms with Crippen molar-refractivity contribution in [1.29, 1.82) is 0 Å². The van der Waals surface area contributed by atoms with Crippen molar-refractivity contribution in [2.45, 2.75) is 45.6 Å². The maximum atomic E-state index is 13.0. The molecule has 144 valence electrons. The first-order valence-electron chi connectivity index (χ1n) is 9.19. The lowest BCUT2D eigenvalue weighted by Crippen LogP contribution is -2.45. The first kappa shape index (κ1) is 19.6. The number of aryl methyl sites for hydroxylation is 1. The number of hydrogen-bond acceptors (Lipinski definition) is 4. The van der Waals surface area contributed by atoms with Gasteiger partial charge in [-0.15, -0.1) is 0 Å². The SMILES string of the molecule is Cc1cc(Cl)ccc1C(=O)[C@H]1CCCN(C(=O)C2=CC(=O)CC(C)(C)O2)C1. The second-order valence-electron chi connectivity index (χ2n) is 7.93. The number of benzene rings is 1. The fraction of sp³-hybridized carbons (Fsp3) is 0.476. The molecule has 1 aromatic rings. The van der Waals surface area contributed by atoms with Gasteiger partial charge >= 0.3 is 0 Å². The Hall–Kier alpha value is -2.14. The number of allylic oxidation sites excluding steroid dienone is 1. The van der Waals surface area contributed by atoms with Gasteiger partial charge in [-0.25, -0.2) is 0 Å². The van der Waals surface area contributed by atoms with Gasteiger partial charge in [0.15, 0.2) is 17.3 Å². The summed E-state index contributed by atoms with van der Waals surface area (Å²) in [5, 5.41) is 0.596. The Kier molecular flexibility index (Phi) is 5.43. The highest BCUT2D eigenvalue weighted by molar-refractivity contribution is 6.30. The lowest BCUT2D eigenvalue weighted by atomic mass is 9.88. The lowest BCUT2D eigenvalue weighted by Gasteiger charge is -2.35. The smallest absolute Gasteiger partial charge is 0.289 e. The molecule has 0 unspecified atom stereocenters. The van der Waals surface area contributed by atoms with E-state index in [-0.39, 0.29) is 35.6 Å². The number of carbonyl (C=O) groups is 3. The molecular weight excluding hydrogens is 366 g/mol. The zero-order valence-corrected chi connectivity index (χ0v) is 16.6. The number of Topliss-reactive ketones (excluding diaryl/α,β-unsaturated/α-hetero) is 1. The van der Waals surface area contributed by atoms with Gasteiger partial charge in [0.2, 0.25) is 0 Å². The van der Waals surface area contributed by atoms with Crippen molar-refractivity contribution in [1.82, 2.24) is 4.90 Å². The Morgan fingerprint density at radius 3 is 2.70 bits per heavy atom. The Morgan fingerprint density at radius 1 is 1.30 bits per heavy atom. The second kappa shape index (κ2) is 7.47. The highest BCUT2D eigenvalue weighted by atomic mass is 35.5. The molecule has 27 heavy (non-hydrogen) atoms. The predicted molar refractivity (Wildman–Crippen MR) is 103 cm³/mol. The Balaban J connectivity index is 1.75. The number of carbonyl (C=O) groups excluding carboxylic acids is 3. The van der Waals surface area contributed by atoms with Crippen molar-refractivity contribution in [3.8, 4) is 0 Å². The molecule has 0 radical (unpaired) electrons. The van der Waals surface area contributed by atoms with Crippen LogP contribution < -0.4 is 0 Å². The number of hydrogen-bond donors (Lipinski definition) is 0. The number of ether oxygens (including phenoxy) is 1. The summed E-state index contributed by atoms with van der Waals surface area (Å²) < 4.78 is 5.72. The molecule has 0 saturated carbocycles. The Labute approximate surface area is 164 Å². The third kappa shape index (κ3) is 4.41.